The van der Waals surface area contributed by atoms with Gasteiger partial charge in [0.25, 0.3) is 0 Å². The van der Waals surface area contributed by atoms with E-state index >= 15 is 0 Å². The fraction of sp³-hybridized carbons (Fsp3) is 0.357. The third kappa shape index (κ3) is 3.34. The molecule has 0 aromatic heterocycles. The van der Waals surface area contributed by atoms with E-state index in [1.54, 1.807) is 7.11 Å². The summed E-state index contributed by atoms with van der Waals surface area (Å²) in [4.78, 5) is 10.6. The minimum Gasteiger partial charge on any atom is -0.496 e. The predicted molar refractivity (Wildman–Crippen MR) is 68.4 cm³/mol. The number of carbonyl (C=O) groups is 1. The minimum absolute atomic E-state index is 0.0378. The van der Waals surface area contributed by atoms with E-state index in [2.05, 4.69) is 20.4 Å². The van der Waals surface area contributed by atoms with Crippen LogP contribution in [0.5, 0.6) is 5.75 Å². The van der Waals surface area contributed by atoms with Crippen molar-refractivity contribution in [1.82, 2.24) is 0 Å². The lowest BCUT2D eigenvalue weighted by Crippen LogP contribution is -1.99. The molecule has 0 heterocycles. The standard InChI is InChI=1S/C14H18O3/c1-9(2)12-8-11(5-6-13(12)17-4)10(3)7-14(15)16/h5-6,8-9H,3,7H2,1-2,4H3,(H,15,16). The zero-order chi connectivity index (χ0) is 13.0. The van der Waals surface area contributed by atoms with E-state index in [0.717, 1.165) is 16.9 Å². The third-order valence-electron chi connectivity index (χ3n) is 2.62. The summed E-state index contributed by atoms with van der Waals surface area (Å²) in [6, 6.07) is 5.66. The first-order chi connectivity index (χ1) is 7.95. The largest absolute Gasteiger partial charge is 0.496 e. The molecule has 0 unspecified atom stereocenters. The van der Waals surface area contributed by atoms with Gasteiger partial charge in [-0.3, -0.25) is 4.79 Å². The number of aliphatic carboxylic acids is 1. The van der Waals surface area contributed by atoms with Crippen molar-refractivity contribution < 1.29 is 14.6 Å². The van der Waals surface area contributed by atoms with Crippen molar-refractivity contribution in [3.05, 3.63) is 35.9 Å². The molecule has 0 atom stereocenters. The van der Waals surface area contributed by atoms with Gasteiger partial charge in [-0.2, -0.15) is 0 Å². The summed E-state index contributed by atoms with van der Waals surface area (Å²) < 4.78 is 5.28. The topological polar surface area (TPSA) is 46.5 Å². The van der Waals surface area contributed by atoms with Crippen LogP contribution in [0.4, 0.5) is 0 Å². The SMILES string of the molecule is C=C(CC(=O)O)c1ccc(OC)c(C(C)C)c1. The zero-order valence-electron chi connectivity index (χ0n) is 10.5. The molecule has 0 fully saturated rings. The average Bonchev–Trinajstić information content (AvgIpc) is 2.27. The molecule has 0 saturated carbocycles. The van der Waals surface area contributed by atoms with Gasteiger partial charge in [-0.1, -0.05) is 26.5 Å². The van der Waals surface area contributed by atoms with Crippen molar-refractivity contribution in [2.24, 2.45) is 0 Å². The van der Waals surface area contributed by atoms with Crippen LogP contribution in [0.3, 0.4) is 0 Å². The van der Waals surface area contributed by atoms with E-state index in [-0.39, 0.29) is 6.42 Å². The van der Waals surface area contributed by atoms with Gasteiger partial charge in [0.2, 0.25) is 0 Å². The van der Waals surface area contributed by atoms with Crippen molar-refractivity contribution in [2.75, 3.05) is 7.11 Å². The summed E-state index contributed by atoms with van der Waals surface area (Å²) in [5.74, 6) is 0.284. The van der Waals surface area contributed by atoms with E-state index in [1.165, 1.54) is 0 Å². The Morgan fingerprint density at radius 3 is 2.59 bits per heavy atom. The molecule has 1 aromatic carbocycles. The van der Waals surface area contributed by atoms with Gasteiger partial charge in [-0.05, 0) is 34.8 Å². The van der Waals surface area contributed by atoms with Crippen molar-refractivity contribution in [2.45, 2.75) is 26.2 Å². The Labute approximate surface area is 102 Å². The van der Waals surface area contributed by atoms with E-state index in [4.69, 9.17) is 9.84 Å². The molecule has 0 aliphatic rings. The first-order valence-corrected chi connectivity index (χ1v) is 5.53. The molecule has 3 heteroatoms. The molecular formula is C14H18O3. The zero-order valence-corrected chi connectivity index (χ0v) is 10.5. The highest BCUT2D eigenvalue weighted by Crippen LogP contribution is 2.30. The molecule has 92 valence electrons. The van der Waals surface area contributed by atoms with Crippen LogP contribution in [0.2, 0.25) is 0 Å². The average molecular weight is 234 g/mol. The number of benzene rings is 1. The van der Waals surface area contributed by atoms with Gasteiger partial charge in [0.05, 0.1) is 13.5 Å². The van der Waals surface area contributed by atoms with Crippen molar-refractivity contribution in [3.8, 4) is 5.75 Å². The summed E-state index contributed by atoms with van der Waals surface area (Å²) in [6.07, 6.45) is -0.0378. The number of carboxylic acid groups (broad SMARTS) is 1. The highest BCUT2D eigenvalue weighted by Gasteiger charge is 2.11. The monoisotopic (exact) mass is 234 g/mol. The van der Waals surface area contributed by atoms with Crippen LogP contribution in [0.25, 0.3) is 5.57 Å². The van der Waals surface area contributed by atoms with Crippen LogP contribution >= 0.6 is 0 Å². The van der Waals surface area contributed by atoms with E-state index in [1.807, 2.05) is 18.2 Å². The lowest BCUT2D eigenvalue weighted by Gasteiger charge is -2.14. The molecule has 1 rings (SSSR count). The van der Waals surface area contributed by atoms with Crippen molar-refractivity contribution in [3.63, 3.8) is 0 Å². The maximum atomic E-state index is 10.6. The highest BCUT2D eigenvalue weighted by atomic mass is 16.5. The molecule has 0 radical (unpaired) electrons. The fourth-order valence-corrected chi connectivity index (χ4v) is 1.69. The van der Waals surface area contributed by atoms with E-state index in [9.17, 15) is 4.79 Å². The number of hydrogen-bond acceptors (Lipinski definition) is 2. The smallest absolute Gasteiger partial charge is 0.307 e. The summed E-state index contributed by atoms with van der Waals surface area (Å²) >= 11 is 0. The third-order valence-corrected chi connectivity index (χ3v) is 2.62. The molecule has 0 bridgehead atoms. The van der Waals surface area contributed by atoms with Crippen LogP contribution in [0.1, 0.15) is 37.3 Å². The predicted octanol–water partition coefficient (Wildman–Crippen LogP) is 3.31. The first kappa shape index (κ1) is 13.3. The van der Waals surface area contributed by atoms with Gasteiger partial charge in [0.1, 0.15) is 5.75 Å². The van der Waals surface area contributed by atoms with Crippen LogP contribution < -0.4 is 4.74 Å². The van der Waals surface area contributed by atoms with Gasteiger partial charge in [0, 0.05) is 0 Å². The summed E-state index contributed by atoms with van der Waals surface area (Å²) in [6.45, 7) is 7.94. The quantitative estimate of drug-likeness (QED) is 0.850. The van der Waals surface area contributed by atoms with Gasteiger partial charge in [-0.25, -0.2) is 0 Å². The summed E-state index contributed by atoms with van der Waals surface area (Å²) in [7, 11) is 1.63. The molecule has 3 nitrogen and oxygen atoms in total. The molecule has 1 N–H and O–H groups in total. The van der Waals surface area contributed by atoms with Crippen LogP contribution in [0.15, 0.2) is 24.8 Å². The van der Waals surface area contributed by atoms with Crippen LogP contribution in [0, 0.1) is 0 Å². The van der Waals surface area contributed by atoms with Gasteiger partial charge in [-0.15, -0.1) is 0 Å². The summed E-state index contributed by atoms with van der Waals surface area (Å²) in [5.41, 5.74) is 2.54. The Bertz CT molecular complexity index is 433. The summed E-state index contributed by atoms with van der Waals surface area (Å²) in [5, 5.41) is 8.74. The normalized spacial score (nSPS) is 10.4. The number of hydrogen-bond donors (Lipinski definition) is 1. The number of carboxylic acids is 1. The second kappa shape index (κ2) is 5.53. The van der Waals surface area contributed by atoms with E-state index < -0.39 is 5.97 Å². The minimum atomic E-state index is -0.864. The van der Waals surface area contributed by atoms with Gasteiger partial charge < -0.3 is 9.84 Å². The molecule has 0 saturated heterocycles. The second-order valence-corrected chi connectivity index (χ2v) is 4.29. The first-order valence-electron chi connectivity index (χ1n) is 5.53. The van der Waals surface area contributed by atoms with Gasteiger partial charge in [0.15, 0.2) is 0 Å². The van der Waals surface area contributed by atoms with Crippen LogP contribution in [-0.2, 0) is 4.79 Å². The molecule has 17 heavy (non-hydrogen) atoms. The fourth-order valence-electron chi connectivity index (χ4n) is 1.69. The Morgan fingerprint density at radius 2 is 2.12 bits per heavy atom. The Balaban J connectivity index is 3.07. The molecule has 0 spiro atoms. The van der Waals surface area contributed by atoms with Gasteiger partial charge >= 0.3 is 5.97 Å². The lowest BCUT2D eigenvalue weighted by atomic mass is 9.96. The second-order valence-electron chi connectivity index (χ2n) is 4.29. The molecule has 0 aliphatic carbocycles. The molecule has 0 aliphatic heterocycles. The lowest BCUT2D eigenvalue weighted by molar-refractivity contribution is -0.135. The Morgan fingerprint density at radius 1 is 1.47 bits per heavy atom. The maximum absolute atomic E-state index is 10.6. The number of methoxy groups -OCH3 is 1. The number of rotatable bonds is 5. The molecular weight excluding hydrogens is 216 g/mol. The van der Waals surface area contributed by atoms with Crippen molar-refractivity contribution in [1.29, 1.82) is 0 Å². The Hall–Kier alpha value is -1.77. The molecule has 1 aromatic rings. The molecule has 0 amide bonds. The van der Waals surface area contributed by atoms with Crippen molar-refractivity contribution >= 4 is 11.5 Å². The highest BCUT2D eigenvalue weighted by molar-refractivity contribution is 5.83. The van der Waals surface area contributed by atoms with E-state index in [0.29, 0.717) is 11.5 Å². The Kier molecular flexibility index (Phi) is 4.32. The maximum Gasteiger partial charge on any atom is 0.307 e. The van der Waals surface area contributed by atoms with Crippen LogP contribution in [-0.4, -0.2) is 18.2 Å². The number of ether oxygens (including phenoxy) is 1.